The maximum absolute atomic E-state index is 13.9. The van der Waals surface area contributed by atoms with Crippen molar-refractivity contribution in [2.45, 2.75) is 57.8 Å². The van der Waals surface area contributed by atoms with Crippen LogP contribution in [-0.2, 0) is 16.0 Å². The molecule has 0 unspecified atom stereocenters. The smallest absolute Gasteiger partial charge is 0.550 e. The summed E-state index contributed by atoms with van der Waals surface area (Å²) in [5, 5.41) is 31.4. The number of hydrogen-bond donors (Lipinski definition) is 2. The topological polar surface area (TPSA) is 123 Å². The minimum absolute atomic E-state index is 0. The van der Waals surface area contributed by atoms with Crippen molar-refractivity contribution in [3.63, 3.8) is 0 Å². The molecule has 0 aliphatic heterocycles. The molecule has 2 atom stereocenters. The second-order valence-electron chi connectivity index (χ2n) is 10.1. The number of nitrogens with zero attached hydrogens (tertiary/aromatic N) is 2. The van der Waals surface area contributed by atoms with Crippen molar-refractivity contribution in [1.82, 2.24) is 9.47 Å². The van der Waals surface area contributed by atoms with Gasteiger partial charge in [0.05, 0.1) is 12.2 Å². The molecule has 10 heteroatoms. The first-order valence-corrected chi connectivity index (χ1v) is 12.8. The van der Waals surface area contributed by atoms with E-state index in [0.717, 1.165) is 0 Å². The van der Waals surface area contributed by atoms with Crippen molar-refractivity contribution in [3.8, 4) is 22.3 Å². The maximum atomic E-state index is 13.9. The average Bonchev–Trinajstić information content (AvgIpc) is 3.22. The van der Waals surface area contributed by atoms with Crippen LogP contribution in [0.1, 0.15) is 55.3 Å². The van der Waals surface area contributed by atoms with E-state index in [0.29, 0.717) is 27.9 Å². The Morgan fingerprint density at radius 2 is 1.50 bits per heavy atom. The standard InChI is InChI=1S/C30H35FN2O6.Na/c1-18(2)33-24(15-14-22(34)16-23(35)17-25(36)37)26(20-10-12-21(31)13-11-20)27(19-8-6-5-7-9-19)28(33)29(38)30(39)32(3)4;/h5-13,18,22-23,34-35H,14-17H2,1-4H3,(H,36,37);/q;+1/p-1/t22-,23-;/m1./s1. The van der Waals surface area contributed by atoms with Gasteiger partial charge in [-0.1, -0.05) is 42.5 Å². The molecular weight excluding hydrogens is 526 g/mol. The number of halogens is 1. The summed E-state index contributed by atoms with van der Waals surface area (Å²) in [5.74, 6) is -3.24. The summed E-state index contributed by atoms with van der Waals surface area (Å²) in [6, 6.07) is 14.7. The number of amides is 1. The Morgan fingerprint density at radius 3 is 2.02 bits per heavy atom. The van der Waals surface area contributed by atoms with Crippen LogP contribution >= 0.6 is 0 Å². The van der Waals surface area contributed by atoms with Crippen LogP contribution < -0.4 is 34.7 Å². The molecule has 1 heterocycles. The largest absolute Gasteiger partial charge is 1.00 e. The van der Waals surface area contributed by atoms with Gasteiger partial charge >= 0.3 is 29.6 Å². The first-order chi connectivity index (χ1) is 18.4. The summed E-state index contributed by atoms with van der Waals surface area (Å²) in [6.45, 7) is 3.76. The number of carboxylic acids is 1. The minimum atomic E-state index is -1.41. The first-order valence-electron chi connectivity index (χ1n) is 12.8. The fourth-order valence-electron chi connectivity index (χ4n) is 4.81. The number of aliphatic hydroxyl groups is 2. The molecule has 40 heavy (non-hydrogen) atoms. The molecule has 208 valence electrons. The number of benzene rings is 2. The van der Waals surface area contributed by atoms with Gasteiger partial charge in [-0.15, -0.1) is 0 Å². The third kappa shape index (κ3) is 7.89. The van der Waals surface area contributed by atoms with E-state index in [1.165, 1.54) is 31.1 Å². The number of carboxylic acid groups (broad SMARTS) is 1. The number of ketones is 1. The summed E-state index contributed by atoms with van der Waals surface area (Å²) < 4.78 is 15.7. The Morgan fingerprint density at radius 1 is 0.925 bits per heavy atom. The Balaban J connectivity index is 0.00000560. The molecular formula is C30H34FN2NaO6. The quantitative estimate of drug-likeness (QED) is 0.183. The summed E-state index contributed by atoms with van der Waals surface area (Å²) in [5.41, 5.74) is 3.32. The van der Waals surface area contributed by atoms with Gasteiger partial charge in [-0.25, -0.2) is 4.39 Å². The van der Waals surface area contributed by atoms with Gasteiger partial charge in [0.1, 0.15) is 11.5 Å². The summed E-state index contributed by atoms with van der Waals surface area (Å²) in [4.78, 5) is 38.7. The third-order valence-electron chi connectivity index (χ3n) is 6.50. The molecule has 0 bridgehead atoms. The Kier molecular flexibility index (Phi) is 12.3. The molecule has 1 amide bonds. The van der Waals surface area contributed by atoms with E-state index >= 15 is 0 Å². The van der Waals surface area contributed by atoms with Gasteiger partial charge in [0.2, 0.25) is 0 Å². The van der Waals surface area contributed by atoms with Crippen molar-refractivity contribution >= 4 is 17.7 Å². The van der Waals surface area contributed by atoms with Crippen LogP contribution in [0.2, 0.25) is 0 Å². The van der Waals surface area contributed by atoms with Crippen molar-refractivity contribution in [2.24, 2.45) is 0 Å². The summed E-state index contributed by atoms with van der Waals surface area (Å²) in [6.07, 6.45) is -2.71. The molecule has 1 aromatic heterocycles. The Labute approximate surface area is 255 Å². The number of Topliss-reactive ketones (excluding diaryl/α,β-unsaturated/α-hetero) is 1. The van der Waals surface area contributed by atoms with Gasteiger partial charge < -0.3 is 29.6 Å². The van der Waals surface area contributed by atoms with E-state index in [4.69, 9.17) is 0 Å². The zero-order chi connectivity index (χ0) is 28.9. The molecule has 0 aliphatic rings. The van der Waals surface area contributed by atoms with E-state index in [9.17, 15) is 34.1 Å². The number of likely N-dealkylation sites (N-methyl/N-ethyl adjacent to an activating group) is 1. The molecule has 3 rings (SSSR count). The number of aromatic nitrogens is 1. The van der Waals surface area contributed by atoms with E-state index in [1.807, 2.05) is 44.2 Å². The van der Waals surface area contributed by atoms with Crippen molar-refractivity contribution < 1.29 is 63.7 Å². The fourth-order valence-corrected chi connectivity index (χ4v) is 4.81. The number of rotatable bonds is 12. The number of aliphatic hydroxyl groups excluding tert-OH is 2. The van der Waals surface area contributed by atoms with E-state index in [2.05, 4.69) is 0 Å². The zero-order valence-corrected chi connectivity index (χ0v) is 25.6. The van der Waals surface area contributed by atoms with Crippen molar-refractivity contribution in [3.05, 3.63) is 71.8 Å². The summed E-state index contributed by atoms with van der Waals surface area (Å²) in [7, 11) is 3.00. The predicted octanol–water partition coefficient (Wildman–Crippen LogP) is 0.00150. The molecule has 0 fully saturated rings. The van der Waals surface area contributed by atoms with Crippen LogP contribution in [-0.4, -0.2) is 63.6 Å². The Hall–Kier alpha value is -2.82. The molecule has 2 N–H and O–H groups in total. The molecule has 2 aromatic carbocycles. The normalized spacial score (nSPS) is 12.5. The minimum Gasteiger partial charge on any atom is -0.550 e. The number of carbonyl (C=O) groups excluding carboxylic acids is 3. The van der Waals surface area contributed by atoms with Crippen LogP contribution in [0.25, 0.3) is 22.3 Å². The number of carbonyl (C=O) groups is 3. The molecule has 8 nitrogen and oxygen atoms in total. The monoisotopic (exact) mass is 560 g/mol. The van der Waals surface area contributed by atoms with Gasteiger partial charge in [0, 0.05) is 49.3 Å². The van der Waals surface area contributed by atoms with Crippen LogP contribution in [0.5, 0.6) is 0 Å². The van der Waals surface area contributed by atoms with Gasteiger partial charge in [-0.05, 0) is 56.4 Å². The van der Waals surface area contributed by atoms with Crippen molar-refractivity contribution in [1.29, 1.82) is 0 Å². The van der Waals surface area contributed by atoms with E-state index in [-0.39, 0.29) is 60.6 Å². The molecule has 0 spiro atoms. The van der Waals surface area contributed by atoms with Crippen LogP contribution in [0, 0.1) is 5.82 Å². The van der Waals surface area contributed by atoms with Gasteiger partial charge in [0.15, 0.2) is 0 Å². The third-order valence-corrected chi connectivity index (χ3v) is 6.50. The second kappa shape index (κ2) is 14.7. The number of aliphatic carboxylic acids is 1. The molecule has 0 saturated heterocycles. The van der Waals surface area contributed by atoms with E-state index in [1.54, 1.807) is 16.7 Å². The predicted molar refractivity (Wildman–Crippen MR) is 143 cm³/mol. The molecule has 0 saturated carbocycles. The average molecular weight is 561 g/mol. The molecule has 0 aliphatic carbocycles. The van der Waals surface area contributed by atoms with E-state index < -0.39 is 42.1 Å². The molecule has 3 aromatic rings. The van der Waals surface area contributed by atoms with Gasteiger partial charge in [-0.3, -0.25) is 9.59 Å². The SMILES string of the molecule is CC(C)n1c(CC[C@@H](O)C[C@@H](O)CC(=O)[O-])c(-c2ccc(F)cc2)c(-c2ccccc2)c1C(=O)C(=O)N(C)C.[Na+]. The molecule has 0 radical (unpaired) electrons. The van der Waals surface area contributed by atoms with Gasteiger partial charge in [0.25, 0.3) is 11.7 Å². The van der Waals surface area contributed by atoms with Crippen LogP contribution in [0.4, 0.5) is 4.39 Å². The second-order valence-corrected chi connectivity index (χ2v) is 10.1. The van der Waals surface area contributed by atoms with Crippen LogP contribution in [0.3, 0.4) is 0 Å². The fraction of sp³-hybridized carbons (Fsp3) is 0.367. The van der Waals surface area contributed by atoms with Crippen LogP contribution in [0.15, 0.2) is 54.6 Å². The first kappa shape index (κ1) is 33.4. The van der Waals surface area contributed by atoms with Crippen molar-refractivity contribution in [2.75, 3.05) is 14.1 Å². The van der Waals surface area contributed by atoms with Gasteiger partial charge in [-0.2, -0.15) is 0 Å². The zero-order valence-electron chi connectivity index (χ0n) is 23.6. The maximum Gasteiger partial charge on any atom is 1.00 e. The number of hydrogen-bond acceptors (Lipinski definition) is 6. The summed E-state index contributed by atoms with van der Waals surface area (Å²) >= 11 is 0. The Bertz CT molecular complexity index is 1320.